The number of aliphatic hydroxyl groups excluding tert-OH is 1. The third kappa shape index (κ3) is 2.37. The number of halogens is 3. The number of hydrogen-bond donors (Lipinski definition) is 2. The SMILES string of the molecule is NCc1nc(C(F)F)c(CO)cc1I. The van der Waals surface area contributed by atoms with Crippen molar-refractivity contribution in [2.24, 2.45) is 5.73 Å². The summed E-state index contributed by atoms with van der Waals surface area (Å²) in [5.41, 5.74) is 5.54. The lowest BCUT2D eigenvalue weighted by Crippen LogP contribution is -2.08. The number of nitrogens with zero attached hydrogens (tertiary/aromatic N) is 1. The first kappa shape index (κ1) is 11.7. The highest BCUT2D eigenvalue weighted by atomic mass is 127. The maximum atomic E-state index is 12.4. The van der Waals surface area contributed by atoms with Gasteiger partial charge in [-0.2, -0.15) is 0 Å². The minimum atomic E-state index is -2.68. The van der Waals surface area contributed by atoms with Crippen LogP contribution in [0.4, 0.5) is 8.78 Å². The van der Waals surface area contributed by atoms with Crippen LogP contribution in [0, 0.1) is 3.57 Å². The monoisotopic (exact) mass is 314 g/mol. The maximum absolute atomic E-state index is 12.4. The van der Waals surface area contributed by atoms with Gasteiger partial charge in [0.25, 0.3) is 6.43 Å². The molecule has 1 aromatic heterocycles. The average Bonchev–Trinajstić information content (AvgIpc) is 2.16. The zero-order valence-electron chi connectivity index (χ0n) is 7.17. The molecule has 0 atom stereocenters. The van der Waals surface area contributed by atoms with Crippen LogP contribution in [0.3, 0.4) is 0 Å². The van der Waals surface area contributed by atoms with Crippen molar-refractivity contribution in [1.29, 1.82) is 0 Å². The number of pyridine rings is 1. The molecule has 0 fully saturated rings. The average molecular weight is 314 g/mol. The third-order valence-electron chi connectivity index (χ3n) is 1.73. The molecule has 0 radical (unpaired) electrons. The molecule has 78 valence electrons. The number of rotatable bonds is 3. The van der Waals surface area contributed by atoms with E-state index in [1.807, 2.05) is 22.6 Å². The highest BCUT2D eigenvalue weighted by Gasteiger charge is 2.16. The number of hydrogen-bond acceptors (Lipinski definition) is 3. The van der Waals surface area contributed by atoms with Gasteiger partial charge in [0.1, 0.15) is 5.69 Å². The zero-order valence-corrected chi connectivity index (χ0v) is 9.33. The Labute approximate surface area is 93.5 Å². The van der Waals surface area contributed by atoms with Crippen LogP contribution < -0.4 is 5.73 Å². The van der Waals surface area contributed by atoms with Crippen molar-refractivity contribution < 1.29 is 13.9 Å². The Bertz CT molecular complexity index is 333. The van der Waals surface area contributed by atoms with Gasteiger partial charge in [0.2, 0.25) is 0 Å². The summed E-state index contributed by atoms with van der Waals surface area (Å²) in [4.78, 5) is 3.72. The van der Waals surface area contributed by atoms with Crippen LogP contribution in [0.5, 0.6) is 0 Å². The molecule has 0 saturated carbocycles. The lowest BCUT2D eigenvalue weighted by atomic mass is 10.2. The second-order valence-corrected chi connectivity index (χ2v) is 3.79. The largest absolute Gasteiger partial charge is 0.392 e. The van der Waals surface area contributed by atoms with Crippen molar-refractivity contribution in [3.05, 3.63) is 26.6 Å². The predicted molar refractivity (Wildman–Crippen MR) is 55.7 cm³/mol. The fourth-order valence-corrected chi connectivity index (χ4v) is 1.76. The van der Waals surface area contributed by atoms with Crippen LogP contribution in [0.1, 0.15) is 23.4 Å². The molecule has 0 spiro atoms. The normalized spacial score (nSPS) is 11.0. The first-order valence-corrected chi connectivity index (χ1v) is 4.95. The molecule has 1 rings (SSSR count). The summed E-state index contributed by atoms with van der Waals surface area (Å²) in [5, 5.41) is 8.85. The first-order chi connectivity index (χ1) is 6.60. The molecule has 1 aromatic rings. The first-order valence-electron chi connectivity index (χ1n) is 3.87. The Kier molecular flexibility index (Phi) is 4.14. The van der Waals surface area contributed by atoms with Crippen molar-refractivity contribution in [1.82, 2.24) is 4.98 Å². The van der Waals surface area contributed by atoms with Crippen molar-refractivity contribution in [2.75, 3.05) is 0 Å². The van der Waals surface area contributed by atoms with E-state index in [0.29, 0.717) is 9.26 Å². The molecule has 14 heavy (non-hydrogen) atoms. The summed E-state index contributed by atoms with van der Waals surface area (Å²) in [6, 6.07) is 1.48. The minimum absolute atomic E-state index is 0.115. The van der Waals surface area contributed by atoms with E-state index in [0.717, 1.165) is 0 Å². The Morgan fingerprint density at radius 2 is 2.21 bits per heavy atom. The summed E-state index contributed by atoms with van der Waals surface area (Å²) >= 11 is 1.95. The number of alkyl halides is 2. The van der Waals surface area contributed by atoms with Gasteiger partial charge in [-0.3, -0.25) is 0 Å². The standard InChI is InChI=1S/C8H9F2IN2O/c9-8(10)7-4(3-14)1-5(11)6(2-12)13-7/h1,8,14H,2-3,12H2. The van der Waals surface area contributed by atoms with E-state index in [1.54, 1.807) is 0 Å². The predicted octanol–water partition coefficient (Wildman–Crippen LogP) is 1.57. The van der Waals surface area contributed by atoms with Gasteiger partial charge in [-0.05, 0) is 28.7 Å². The van der Waals surface area contributed by atoms with E-state index in [9.17, 15) is 8.78 Å². The molecule has 0 unspecified atom stereocenters. The second kappa shape index (κ2) is 4.94. The molecule has 6 heteroatoms. The van der Waals surface area contributed by atoms with Crippen molar-refractivity contribution in [3.8, 4) is 0 Å². The van der Waals surface area contributed by atoms with Crippen molar-refractivity contribution >= 4 is 22.6 Å². The Balaban J connectivity index is 3.25. The molecule has 0 aliphatic rings. The fraction of sp³-hybridized carbons (Fsp3) is 0.375. The summed E-state index contributed by atoms with van der Waals surface area (Å²) < 4.78 is 25.6. The van der Waals surface area contributed by atoms with Gasteiger partial charge in [0.15, 0.2) is 0 Å². The molecule has 0 aliphatic carbocycles. The summed E-state index contributed by atoms with van der Waals surface area (Å²) in [7, 11) is 0. The second-order valence-electron chi connectivity index (χ2n) is 2.62. The van der Waals surface area contributed by atoms with E-state index < -0.39 is 13.0 Å². The van der Waals surface area contributed by atoms with Gasteiger partial charge in [0, 0.05) is 15.7 Å². The molecular weight excluding hydrogens is 305 g/mol. The lowest BCUT2D eigenvalue weighted by Gasteiger charge is -2.09. The molecule has 3 nitrogen and oxygen atoms in total. The van der Waals surface area contributed by atoms with Crippen molar-refractivity contribution in [2.45, 2.75) is 19.6 Å². The Hall–Kier alpha value is -0.340. The Morgan fingerprint density at radius 3 is 2.64 bits per heavy atom. The highest BCUT2D eigenvalue weighted by molar-refractivity contribution is 14.1. The van der Waals surface area contributed by atoms with Gasteiger partial charge in [0.05, 0.1) is 12.3 Å². The van der Waals surface area contributed by atoms with Crippen LogP contribution in [0.2, 0.25) is 0 Å². The fourth-order valence-electron chi connectivity index (χ4n) is 1.04. The number of aliphatic hydroxyl groups is 1. The van der Waals surface area contributed by atoms with E-state index >= 15 is 0 Å². The van der Waals surface area contributed by atoms with E-state index in [-0.39, 0.29) is 17.8 Å². The summed E-state index contributed by atoms with van der Waals surface area (Å²) in [6.07, 6.45) is -2.68. The molecular formula is C8H9F2IN2O. The van der Waals surface area contributed by atoms with Crippen LogP contribution in [-0.2, 0) is 13.2 Å². The van der Waals surface area contributed by atoms with Gasteiger partial charge >= 0.3 is 0 Å². The molecule has 0 aliphatic heterocycles. The lowest BCUT2D eigenvalue weighted by molar-refractivity contribution is 0.141. The van der Waals surface area contributed by atoms with Gasteiger partial charge < -0.3 is 10.8 Å². The zero-order chi connectivity index (χ0) is 10.7. The third-order valence-corrected chi connectivity index (χ3v) is 2.67. The highest BCUT2D eigenvalue weighted by Crippen LogP contribution is 2.24. The molecule has 0 amide bonds. The molecule has 0 aromatic carbocycles. The Morgan fingerprint density at radius 1 is 1.57 bits per heavy atom. The molecule has 0 saturated heterocycles. The smallest absolute Gasteiger partial charge is 0.280 e. The van der Waals surface area contributed by atoms with Crippen LogP contribution in [0.15, 0.2) is 6.07 Å². The number of aromatic nitrogens is 1. The summed E-state index contributed by atoms with van der Waals surface area (Å²) in [6.45, 7) is -0.322. The molecule has 1 heterocycles. The van der Waals surface area contributed by atoms with Crippen LogP contribution in [-0.4, -0.2) is 10.1 Å². The van der Waals surface area contributed by atoms with Crippen molar-refractivity contribution in [3.63, 3.8) is 0 Å². The molecule has 3 N–H and O–H groups in total. The quantitative estimate of drug-likeness (QED) is 0.833. The van der Waals surface area contributed by atoms with E-state index in [1.165, 1.54) is 6.07 Å². The van der Waals surface area contributed by atoms with Gasteiger partial charge in [-0.25, -0.2) is 13.8 Å². The maximum Gasteiger partial charge on any atom is 0.280 e. The minimum Gasteiger partial charge on any atom is -0.392 e. The van der Waals surface area contributed by atoms with Gasteiger partial charge in [-0.1, -0.05) is 0 Å². The van der Waals surface area contributed by atoms with E-state index in [2.05, 4.69) is 4.98 Å². The van der Waals surface area contributed by atoms with E-state index in [4.69, 9.17) is 10.8 Å². The van der Waals surface area contributed by atoms with Crippen LogP contribution >= 0.6 is 22.6 Å². The van der Waals surface area contributed by atoms with Crippen LogP contribution in [0.25, 0.3) is 0 Å². The number of nitrogens with two attached hydrogens (primary N) is 1. The van der Waals surface area contributed by atoms with Gasteiger partial charge in [-0.15, -0.1) is 0 Å². The topological polar surface area (TPSA) is 59.1 Å². The summed E-state index contributed by atoms with van der Waals surface area (Å²) in [5.74, 6) is 0. The molecule has 0 bridgehead atoms.